The lowest BCUT2D eigenvalue weighted by Gasteiger charge is -2.19. The van der Waals surface area contributed by atoms with Crippen molar-refractivity contribution in [3.63, 3.8) is 0 Å². The summed E-state index contributed by atoms with van der Waals surface area (Å²) in [4.78, 5) is 35.0. The van der Waals surface area contributed by atoms with Crippen LogP contribution in [-0.4, -0.2) is 68.6 Å². The fraction of sp³-hybridized carbons (Fsp3) is 0.333. The van der Waals surface area contributed by atoms with Crippen molar-refractivity contribution in [3.05, 3.63) is 45.8 Å². The van der Waals surface area contributed by atoms with Crippen molar-refractivity contribution in [2.24, 2.45) is 0 Å². The number of carbonyl (C=O) groups excluding carboxylic acids is 1. The Morgan fingerprint density at radius 1 is 1.42 bits per heavy atom. The van der Waals surface area contributed by atoms with Gasteiger partial charge in [0.05, 0.1) is 22.9 Å². The van der Waals surface area contributed by atoms with Crippen LogP contribution in [0.5, 0.6) is 0 Å². The fourth-order valence-electron chi connectivity index (χ4n) is 2.28. The number of carboxylic acid groups (broad SMARTS) is 1. The number of benzene rings is 1. The summed E-state index contributed by atoms with van der Waals surface area (Å²) in [6, 6.07) is 5.71. The summed E-state index contributed by atoms with van der Waals surface area (Å²) in [5, 5.41) is 27.6. The SMILES string of the molecule is COCCN(CC(=O)O)C(=O)c1nnn(-c2cccc([N+](=O)[O-])c2)c1C. The first kappa shape index (κ1) is 19.0. The summed E-state index contributed by atoms with van der Waals surface area (Å²) in [7, 11) is 1.44. The van der Waals surface area contributed by atoms with Crippen molar-refractivity contribution >= 4 is 17.6 Å². The second-order valence-corrected chi connectivity index (χ2v) is 5.33. The lowest BCUT2D eigenvalue weighted by atomic mass is 10.2. The summed E-state index contributed by atoms with van der Waals surface area (Å²) >= 11 is 0. The number of rotatable bonds is 8. The molecule has 0 aliphatic carbocycles. The molecule has 0 atom stereocenters. The number of nitrogens with zero attached hydrogens (tertiary/aromatic N) is 5. The summed E-state index contributed by atoms with van der Waals surface area (Å²) < 4.78 is 6.18. The number of nitro benzene ring substituents is 1. The molecule has 1 amide bonds. The van der Waals surface area contributed by atoms with Crippen LogP contribution in [0.3, 0.4) is 0 Å². The van der Waals surface area contributed by atoms with Gasteiger partial charge in [-0.2, -0.15) is 0 Å². The predicted octanol–water partition coefficient (Wildman–Crippen LogP) is 0.657. The maximum Gasteiger partial charge on any atom is 0.323 e. The molecule has 1 aromatic carbocycles. The van der Waals surface area contributed by atoms with Gasteiger partial charge in [-0.1, -0.05) is 11.3 Å². The smallest absolute Gasteiger partial charge is 0.323 e. The average molecular weight is 363 g/mol. The van der Waals surface area contributed by atoms with E-state index >= 15 is 0 Å². The fourth-order valence-corrected chi connectivity index (χ4v) is 2.28. The van der Waals surface area contributed by atoms with Crippen molar-refractivity contribution in [3.8, 4) is 5.69 Å². The molecule has 0 unspecified atom stereocenters. The van der Waals surface area contributed by atoms with Crippen LogP contribution >= 0.6 is 0 Å². The van der Waals surface area contributed by atoms with Crippen LogP contribution in [0.25, 0.3) is 5.69 Å². The first-order valence-electron chi connectivity index (χ1n) is 7.52. The topological polar surface area (TPSA) is 141 Å². The molecule has 0 saturated heterocycles. The van der Waals surface area contributed by atoms with E-state index in [2.05, 4.69) is 10.3 Å². The molecule has 26 heavy (non-hydrogen) atoms. The van der Waals surface area contributed by atoms with Crippen LogP contribution in [0.15, 0.2) is 24.3 Å². The number of aromatic nitrogens is 3. The number of methoxy groups -OCH3 is 1. The van der Waals surface area contributed by atoms with Crippen LogP contribution in [0.2, 0.25) is 0 Å². The second-order valence-electron chi connectivity index (χ2n) is 5.33. The molecule has 0 saturated carbocycles. The zero-order chi connectivity index (χ0) is 19.3. The third kappa shape index (κ3) is 4.19. The number of amides is 1. The van der Waals surface area contributed by atoms with Gasteiger partial charge in [0.2, 0.25) is 0 Å². The van der Waals surface area contributed by atoms with Crippen molar-refractivity contribution in [2.45, 2.75) is 6.92 Å². The number of hydrogen-bond acceptors (Lipinski definition) is 7. The highest BCUT2D eigenvalue weighted by Gasteiger charge is 2.25. The lowest BCUT2D eigenvalue weighted by molar-refractivity contribution is -0.384. The quantitative estimate of drug-likeness (QED) is 0.532. The highest BCUT2D eigenvalue weighted by Crippen LogP contribution is 2.19. The Hall–Kier alpha value is -3.34. The number of carboxylic acids is 1. The van der Waals surface area contributed by atoms with Crippen molar-refractivity contribution < 1.29 is 24.4 Å². The minimum Gasteiger partial charge on any atom is -0.480 e. The van der Waals surface area contributed by atoms with Gasteiger partial charge >= 0.3 is 5.97 Å². The standard InChI is InChI=1S/C15H17N5O6/c1-10-14(15(23)18(6-7-26-2)9-13(21)22)16-17-19(10)11-4-3-5-12(8-11)20(24)25/h3-5,8H,6-7,9H2,1-2H3,(H,21,22). The third-order valence-electron chi connectivity index (χ3n) is 3.56. The summed E-state index contributed by atoms with van der Waals surface area (Å²) in [5.74, 6) is -1.78. The van der Waals surface area contributed by atoms with E-state index in [-0.39, 0.29) is 24.5 Å². The van der Waals surface area contributed by atoms with Gasteiger partial charge in [-0.05, 0) is 13.0 Å². The Labute approximate surface area is 147 Å². The van der Waals surface area contributed by atoms with Gasteiger partial charge in [-0.15, -0.1) is 5.10 Å². The van der Waals surface area contributed by atoms with Gasteiger partial charge < -0.3 is 14.7 Å². The van der Waals surface area contributed by atoms with Crippen molar-refractivity contribution in [1.29, 1.82) is 0 Å². The van der Waals surface area contributed by atoms with E-state index in [1.54, 1.807) is 13.0 Å². The van der Waals surface area contributed by atoms with Crippen LogP contribution in [0.4, 0.5) is 5.69 Å². The lowest BCUT2D eigenvalue weighted by Crippen LogP contribution is -2.38. The highest BCUT2D eigenvalue weighted by molar-refractivity contribution is 5.95. The molecule has 1 aromatic heterocycles. The van der Waals surface area contributed by atoms with E-state index < -0.39 is 23.3 Å². The molecule has 11 nitrogen and oxygen atoms in total. The molecule has 1 heterocycles. The number of aliphatic carboxylic acids is 1. The van der Waals surface area contributed by atoms with Gasteiger partial charge in [-0.3, -0.25) is 19.7 Å². The first-order chi connectivity index (χ1) is 12.3. The molecule has 138 valence electrons. The van der Waals surface area contributed by atoms with Gasteiger partial charge in [0.1, 0.15) is 6.54 Å². The first-order valence-corrected chi connectivity index (χ1v) is 7.52. The molecule has 0 radical (unpaired) electrons. The predicted molar refractivity (Wildman–Crippen MR) is 88.2 cm³/mol. The molecular formula is C15H17N5O6. The Bertz CT molecular complexity index is 834. The van der Waals surface area contributed by atoms with Gasteiger partial charge in [0, 0.05) is 25.8 Å². The van der Waals surface area contributed by atoms with Crippen molar-refractivity contribution in [2.75, 3.05) is 26.8 Å². The maximum atomic E-state index is 12.6. The molecule has 2 aromatic rings. The minimum atomic E-state index is -1.17. The minimum absolute atomic E-state index is 0.0335. The number of nitro groups is 1. The van der Waals surface area contributed by atoms with Gasteiger partial charge in [0.25, 0.3) is 11.6 Å². The number of non-ortho nitro benzene ring substituents is 1. The average Bonchev–Trinajstić information content (AvgIpc) is 2.99. The van der Waals surface area contributed by atoms with E-state index in [1.165, 1.54) is 30.0 Å². The van der Waals surface area contributed by atoms with Gasteiger partial charge in [0.15, 0.2) is 5.69 Å². The van der Waals surface area contributed by atoms with Gasteiger partial charge in [-0.25, -0.2) is 4.68 Å². The molecule has 2 rings (SSSR count). The Balaban J connectivity index is 2.34. The molecule has 0 aliphatic rings. The highest BCUT2D eigenvalue weighted by atomic mass is 16.6. The van der Waals surface area contributed by atoms with E-state index in [0.29, 0.717) is 11.4 Å². The van der Waals surface area contributed by atoms with E-state index in [1.807, 2.05) is 0 Å². The largest absolute Gasteiger partial charge is 0.480 e. The molecule has 0 spiro atoms. The van der Waals surface area contributed by atoms with E-state index in [4.69, 9.17) is 9.84 Å². The van der Waals surface area contributed by atoms with Crippen LogP contribution in [-0.2, 0) is 9.53 Å². The Morgan fingerprint density at radius 2 is 2.15 bits per heavy atom. The monoisotopic (exact) mass is 363 g/mol. The number of carbonyl (C=O) groups is 2. The number of hydrogen-bond donors (Lipinski definition) is 1. The van der Waals surface area contributed by atoms with Crippen LogP contribution in [0, 0.1) is 17.0 Å². The van der Waals surface area contributed by atoms with Crippen molar-refractivity contribution in [1.82, 2.24) is 19.9 Å². The van der Waals surface area contributed by atoms with E-state index in [0.717, 1.165) is 4.90 Å². The summed E-state index contributed by atoms with van der Waals surface area (Å²) in [6.45, 7) is 1.30. The maximum absolute atomic E-state index is 12.6. The van der Waals surface area contributed by atoms with Crippen LogP contribution in [0.1, 0.15) is 16.2 Å². The van der Waals surface area contributed by atoms with E-state index in [9.17, 15) is 19.7 Å². The molecule has 0 aliphatic heterocycles. The summed E-state index contributed by atoms with van der Waals surface area (Å²) in [5.41, 5.74) is 0.542. The third-order valence-corrected chi connectivity index (χ3v) is 3.56. The molecule has 11 heteroatoms. The number of ether oxygens (including phenoxy) is 1. The second kappa shape index (κ2) is 8.16. The Kier molecular flexibility index (Phi) is 5.96. The zero-order valence-corrected chi connectivity index (χ0v) is 14.2. The Morgan fingerprint density at radius 3 is 2.77 bits per heavy atom. The molecule has 0 bridgehead atoms. The van der Waals surface area contributed by atoms with Crippen LogP contribution < -0.4 is 0 Å². The molecule has 1 N–H and O–H groups in total. The molecule has 0 fully saturated rings. The zero-order valence-electron chi connectivity index (χ0n) is 14.2. The molecular weight excluding hydrogens is 346 g/mol. The normalized spacial score (nSPS) is 10.5. The summed E-state index contributed by atoms with van der Waals surface area (Å²) in [6.07, 6.45) is 0.